The van der Waals surface area contributed by atoms with E-state index in [4.69, 9.17) is 0 Å². The molecular weight excluding hydrogens is 174 g/mol. The second-order valence-electron chi connectivity index (χ2n) is 3.66. The van der Waals surface area contributed by atoms with Crippen molar-refractivity contribution in [3.63, 3.8) is 0 Å². The van der Waals surface area contributed by atoms with E-state index in [9.17, 15) is 5.11 Å². The Labute approximate surface area is 86.2 Å². The number of hydrogen-bond acceptors (Lipinski definition) is 2. The van der Waals surface area contributed by atoms with Gasteiger partial charge in [0.1, 0.15) is 5.76 Å². The smallest absolute Gasteiger partial charge is 0.115 e. The van der Waals surface area contributed by atoms with Crippen molar-refractivity contribution < 1.29 is 5.11 Å². The molecule has 1 rings (SSSR count). The van der Waals surface area contributed by atoms with Crippen LogP contribution in [0.5, 0.6) is 0 Å². The molecule has 0 aromatic heterocycles. The largest absolute Gasteiger partial charge is 0.508 e. The number of allylic oxidation sites excluding steroid dienone is 4. The zero-order valence-electron chi connectivity index (χ0n) is 8.98. The highest BCUT2D eigenvalue weighted by Gasteiger charge is 2.21. The molecule has 0 radical (unpaired) electrons. The highest BCUT2D eigenvalue weighted by Crippen LogP contribution is 2.18. The summed E-state index contributed by atoms with van der Waals surface area (Å²) in [6, 6.07) is 0. The van der Waals surface area contributed by atoms with Gasteiger partial charge in [-0.15, -0.1) is 0 Å². The molecular formula is C12H19NO. The Morgan fingerprint density at radius 3 is 2.79 bits per heavy atom. The van der Waals surface area contributed by atoms with Gasteiger partial charge in [-0.25, -0.2) is 0 Å². The van der Waals surface area contributed by atoms with Crippen LogP contribution in [0.1, 0.15) is 20.3 Å². The van der Waals surface area contributed by atoms with E-state index < -0.39 is 0 Å². The van der Waals surface area contributed by atoms with Gasteiger partial charge in [0.2, 0.25) is 0 Å². The molecule has 0 aromatic carbocycles. The molecule has 0 spiro atoms. The van der Waals surface area contributed by atoms with Crippen LogP contribution in [0.4, 0.5) is 0 Å². The van der Waals surface area contributed by atoms with Crippen LogP contribution in [-0.4, -0.2) is 23.1 Å². The molecule has 0 amide bonds. The fourth-order valence-corrected chi connectivity index (χ4v) is 1.48. The predicted molar refractivity (Wildman–Crippen MR) is 60.0 cm³/mol. The first-order chi connectivity index (χ1) is 6.76. The average molecular weight is 193 g/mol. The van der Waals surface area contributed by atoms with Gasteiger partial charge in [0.25, 0.3) is 0 Å². The monoisotopic (exact) mass is 193 g/mol. The van der Waals surface area contributed by atoms with Crippen molar-refractivity contribution in [1.29, 1.82) is 0 Å². The minimum Gasteiger partial charge on any atom is -0.508 e. The van der Waals surface area contributed by atoms with Gasteiger partial charge in [0.05, 0.1) is 0 Å². The maximum absolute atomic E-state index is 9.26. The minimum atomic E-state index is 0.302. The third-order valence-corrected chi connectivity index (χ3v) is 2.46. The van der Waals surface area contributed by atoms with Crippen molar-refractivity contribution >= 4 is 0 Å². The van der Waals surface area contributed by atoms with Gasteiger partial charge in [-0.3, -0.25) is 0 Å². The average Bonchev–Trinajstić information content (AvgIpc) is 2.09. The van der Waals surface area contributed by atoms with Crippen LogP contribution in [0.2, 0.25) is 0 Å². The molecule has 78 valence electrons. The number of likely N-dealkylation sites (tertiary alicyclic amines) is 1. The normalized spacial score (nSPS) is 19.6. The third-order valence-electron chi connectivity index (χ3n) is 2.46. The van der Waals surface area contributed by atoms with Crippen molar-refractivity contribution in [2.45, 2.75) is 20.3 Å². The van der Waals surface area contributed by atoms with E-state index >= 15 is 0 Å². The first-order valence-electron chi connectivity index (χ1n) is 5.20. The van der Waals surface area contributed by atoms with Crippen molar-refractivity contribution in [3.05, 3.63) is 36.3 Å². The van der Waals surface area contributed by atoms with Gasteiger partial charge < -0.3 is 10.0 Å². The topological polar surface area (TPSA) is 23.5 Å². The molecule has 1 heterocycles. The van der Waals surface area contributed by atoms with Crippen LogP contribution >= 0.6 is 0 Å². The molecule has 0 atom stereocenters. The van der Waals surface area contributed by atoms with Crippen molar-refractivity contribution in [2.75, 3.05) is 13.1 Å². The van der Waals surface area contributed by atoms with Gasteiger partial charge in [0, 0.05) is 13.1 Å². The van der Waals surface area contributed by atoms with Gasteiger partial charge in [0.15, 0.2) is 0 Å². The van der Waals surface area contributed by atoms with Crippen molar-refractivity contribution in [2.24, 2.45) is 5.92 Å². The first kappa shape index (κ1) is 10.9. The fourth-order valence-electron chi connectivity index (χ4n) is 1.48. The standard InChI is InChI=1S/C12H19NO/c1-3-6-12(14)7-5-8-13-9-11(4-2)10-13/h3,5-8,11,14H,4,9-10H2,1-2H3/b6-3-,8-5+,12-7+. The molecule has 0 saturated carbocycles. The molecule has 1 N–H and O–H groups in total. The second kappa shape index (κ2) is 5.53. The number of nitrogens with zero attached hydrogens (tertiary/aromatic N) is 1. The zero-order valence-corrected chi connectivity index (χ0v) is 8.98. The number of hydrogen-bond donors (Lipinski definition) is 1. The summed E-state index contributed by atoms with van der Waals surface area (Å²) in [5.41, 5.74) is 0. The Morgan fingerprint density at radius 2 is 2.21 bits per heavy atom. The number of aliphatic hydroxyl groups is 1. The summed E-state index contributed by atoms with van der Waals surface area (Å²) in [6.45, 7) is 6.43. The highest BCUT2D eigenvalue weighted by molar-refractivity contribution is 5.16. The molecule has 0 aliphatic carbocycles. The Balaban J connectivity index is 2.25. The molecule has 14 heavy (non-hydrogen) atoms. The minimum absolute atomic E-state index is 0.302. The lowest BCUT2D eigenvalue weighted by atomic mass is 9.98. The van der Waals surface area contributed by atoms with Gasteiger partial charge in [-0.1, -0.05) is 13.0 Å². The fraction of sp³-hybridized carbons (Fsp3) is 0.500. The van der Waals surface area contributed by atoms with E-state index in [1.54, 1.807) is 12.2 Å². The second-order valence-corrected chi connectivity index (χ2v) is 3.66. The molecule has 0 bridgehead atoms. The summed E-state index contributed by atoms with van der Waals surface area (Å²) < 4.78 is 0. The summed E-state index contributed by atoms with van der Waals surface area (Å²) >= 11 is 0. The molecule has 2 nitrogen and oxygen atoms in total. The lowest BCUT2D eigenvalue weighted by Crippen LogP contribution is -2.42. The van der Waals surface area contributed by atoms with E-state index in [2.05, 4.69) is 11.8 Å². The van der Waals surface area contributed by atoms with Gasteiger partial charge in [-0.2, -0.15) is 0 Å². The van der Waals surface area contributed by atoms with Crippen molar-refractivity contribution in [3.8, 4) is 0 Å². The Bertz CT molecular complexity index is 247. The lowest BCUT2D eigenvalue weighted by Gasteiger charge is -2.37. The van der Waals surface area contributed by atoms with E-state index in [-0.39, 0.29) is 0 Å². The number of rotatable bonds is 4. The SMILES string of the molecule is C\C=C/C(O)=C\C=C\N1CC(CC)C1. The predicted octanol–water partition coefficient (Wildman–Crippen LogP) is 2.86. The molecule has 1 aliphatic rings. The van der Waals surface area contributed by atoms with E-state index in [0.717, 1.165) is 19.0 Å². The van der Waals surface area contributed by atoms with E-state index in [1.807, 2.05) is 25.3 Å². The van der Waals surface area contributed by atoms with Crippen LogP contribution in [0.15, 0.2) is 36.3 Å². The zero-order chi connectivity index (χ0) is 10.4. The summed E-state index contributed by atoms with van der Waals surface area (Å²) in [7, 11) is 0. The van der Waals surface area contributed by atoms with E-state index in [0.29, 0.717) is 5.76 Å². The highest BCUT2D eigenvalue weighted by atomic mass is 16.3. The molecule has 1 fully saturated rings. The maximum atomic E-state index is 9.26. The van der Waals surface area contributed by atoms with Gasteiger partial charge in [-0.05, 0) is 43.7 Å². The van der Waals surface area contributed by atoms with Crippen LogP contribution in [0, 0.1) is 5.92 Å². The quantitative estimate of drug-likeness (QED) is 0.548. The van der Waals surface area contributed by atoms with E-state index in [1.165, 1.54) is 6.42 Å². The summed E-state index contributed by atoms with van der Waals surface area (Å²) in [4.78, 5) is 2.26. The summed E-state index contributed by atoms with van der Waals surface area (Å²) in [5, 5.41) is 9.26. The Kier molecular flexibility index (Phi) is 4.30. The first-order valence-corrected chi connectivity index (χ1v) is 5.20. The molecule has 1 aliphatic heterocycles. The van der Waals surface area contributed by atoms with Gasteiger partial charge >= 0.3 is 0 Å². The van der Waals surface area contributed by atoms with Crippen LogP contribution < -0.4 is 0 Å². The Morgan fingerprint density at radius 1 is 1.50 bits per heavy atom. The van der Waals surface area contributed by atoms with Crippen molar-refractivity contribution in [1.82, 2.24) is 4.90 Å². The van der Waals surface area contributed by atoms with Crippen LogP contribution in [0.25, 0.3) is 0 Å². The van der Waals surface area contributed by atoms with Crippen LogP contribution in [-0.2, 0) is 0 Å². The number of aliphatic hydroxyl groups excluding tert-OH is 1. The lowest BCUT2D eigenvalue weighted by molar-refractivity contribution is 0.157. The molecule has 0 unspecified atom stereocenters. The summed E-state index contributed by atoms with van der Waals surface area (Å²) in [5.74, 6) is 1.17. The molecule has 2 heteroatoms. The summed E-state index contributed by atoms with van der Waals surface area (Å²) in [6.07, 6.45) is 10.4. The maximum Gasteiger partial charge on any atom is 0.115 e. The molecule has 1 saturated heterocycles. The molecule has 0 aromatic rings. The van der Waals surface area contributed by atoms with Crippen LogP contribution in [0.3, 0.4) is 0 Å². The Hall–Kier alpha value is -1.18. The third kappa shape index (κ3) is 3.29.